The van der Waals surface area contributed by atoms with E-state index in [9.17, 15) is 4.79 Å². The lowest BCUT2D eigenvalue weighted by Crippen LogP contribution is -2.29. The molecule has 1 atom stereocenters. The van der Waals surface area contributed by atoms with Gasteiger partial charge >= 0.3 is 0 Å². The van der Waals surface area contributed by atoms with E-state index >= 15 is 0 Å². The fourth-order valence-corrected chi connectivity index (χ4v) is 2.34. The minimum absolute atomic E-state index is 0.0517. The number of hydrogen-bond donors (Lipinski definition) is 2. The van der Waals surface area contributed by atoms with Crippen molar-refractivity contribution in [3.05, 3.63) is 35.4 Å². The van der Waals surface area contributed by atoms with Crippen molar-refractivity contribution in [1.29, 1.82) is 0 Å². The highest BCUT2D eigenvalue weighted by atomic mass is 16.5. The summed E-state index contributed by atoms with van der Waals surface area (Å²) < 4.78 is 5.64. The molecule has 1 saturated heterocycles. The van der Waals surface area contributed by atoms with Crippen LogP contribution >= 0.6 is 0 Å². The van der Waals surface area contributed by atoms with Crippen molar-refractivity contribution in [2.24, 2.45) is 5.73 Å². The molecule has 0 bridgehead atoms. The number of amides is 1. The number of ether oxygens (including phenoxy) is 1. The topological polar surface area (TPSA) is 64.4 Å². The summed E-state index contributed by atoms with van der Waals surface area (Å²) in [5, 5.41) is 2.93. The highest BCUT2D eigenvalue weighted by Crippen LogP contribution is 2.14. The van der Waals surface area contributed by atoms with E-state index in [0.717, 1.165) is 31.4 Å². The molecule has 4 nitrogen and oxygen atoms in total. The van der Waals surface area contributed by atoms with Gasteiger partial charge in [0.15, 0.2) is 0 Å². The Hall–Kier alpha value is -1.83. The third-order valence-electron chi connectivity index (χ3n) is 3.51. The van der Waals surface area contributed by atoms with Gasteiger partial charge < -0.3 is 15.8 Å². The molecule has 1 aromatic carbocycles. The van der Waals surface area contributed by atoms with Gasteiger partial charge in [0.2, 0.25) is 0 Å². The number of nitrogens with one attached hydrogen (secondary N) is 1. The molecule has 1 aliphatic heterocycles. The lowest BCUT2D eigenvalue weighted by atomic mass is 10.1. The van der Waals surface area contributed by atoms with Crippen LogP contribution in [-0.4, -0.2) is 31.7 Å². The van der Waals surface area contributed by atoms with E-state index in [4.69, 9.17) is 10.5 Å². The quantitative estimate of drug-likeness (QED) is 0.828. The van der Waals surface area contributed by atoms with Crippen molar-refractivity contribution in [3.8, 4) is 11.8 Å². The van der Waals surface area contributed by atoms with Crippen LogP contribution in [-0.2, 0) is 4.74 Å². The summed E-state index contributed by atoms with van der Waals surface area (Å²) in [4.78, 5) is 12.0. The second-order valence-electron chi connectivity index (χ2n) is 5.12. The Bertz CT molecular complexity index is 508. The van der Waals surface area contributed by atoms with Crippen LogP contribution in [0.2, 0.25) is 0 Å². The summed E-state index contributed by atoms with van der Waals surface area (Å²) in [5.74, 6) is 5.67. The average Bonchev–Trinajstić information content (AvgIpc) is 2.54. The molecule has 0 aromatic heterocycles. The van der Waals surface area contributed by atoms with Gasteiger partial charge in [-0.05, 0) is 49.9 Å². The maximum Gasteiger partial charge on any atom is 0.251 e. The zero-order valence-electron chi connectivity index (χ0n) is 12.2. The standard InChI is InChI=1S/C17H22N2O2/c18-11-3-4-14-6-8-15(9-7-14)17(20)19-12-10-16-5-1-2-13-21-16/h6-9,16H,1-2,5,10-13,18H2,(H,19,20). The predicted molar refractivity (Wildman–Crippen MR) is 82.9 cm³/mol. The summed E-state index contributed by atoms with van der Waals surface area (Å²) in [7, 11) is 0. The maximum atomic E-state index is 12.0. The van der Waals surface area contributed by atoms with E-state index in [1.54, 1.807) is 12.1 Å². The summed E-state index contributed by atoms with van der Waals surface area (Å²) in [6.45, 7) is 1.84. The van der Waals surface area contributed by atoms with Gasteiger partial charge in [-0.3, -0.25) is 4.79 Å². The molecule has 112 valence electrons. The largest absolute Gasteiger partial charge is 0.378 e. The van der Waals surface area contributed by atoms with Gasteiger partial charge in [-0.1, -0.05) is 11.8 Å². The number of carbonyl (C=O) groups excluding carboxylic acids is 1. The van der Waals surface area contributed by atoms with Crippen LogP contribution in [0.1, 0.15) is 41.6 Å². The van der Waals surface area contributed by atoms with Gasteiger partial charge in [-0.2, -0.15) is 0 Å². The molecule has 0 spiro atoms. The first-order valence-corrected chi connectivity index (χ1v) is 7.48. The van der Waals surface area contributed by atoms with E-state index in [-0.39, 0.29) is 5.91 Å². The Morgan fingerprint density at radius 1 is 1.33 bits per heavy atom. The van der Waals surface area contributed by atoms with Crippen molar-refractivity contribution in [3.63, 3.8) is 0 Å². The molecule has 1 heterocycles. The molecule has 0 radical (unpaired) electrons. The molecule has 3 N–H and O–H groups in total. The van der Waals surface area contributed by atoms with Crippen molar-refractivity contribution < 1.29 is 9.53 Å². The number of hydrogen-bond acceptors (Lipinski definition) is 3. The Morgan fingerprint density at radius 2 is 2.14 bits per heavy atom. The molecule has 1 amide bonds. The Labute approximate surface area is 126 Å². The molecule has 1 fully saturated rings. The number of carbonyl (C=O) groups is 1. The molecule has 0 aliphatic carbocycles. The lowest BCUT2D eigenvalue weighted by Gasteiger charge is -2.22. The summed E-state index contributed by atoms with van der Waals surface area (Å²) in [5.41, 5.74) is 6.84. The third-order valence-corrected chi connectivity index (χ3v) is 3.51. The maximum absolute atomic E-state index is 12.0. The fraction of sp³-hybridized carbons (Fsp3) is 0.471. The van der Waals surface area contributed by atoms with Crippen LogP contribution in [0.15, 0.2) is 24.3 Å². The van der Waals surface area contributed by atoms with E-state index in [0.29, 0.717) is 24.8 Å². The van der Waals surface area contributed by atoms with Crippen molar-refractivity contribution >= 4 is 5.91 Å². The van der Waals surface area contributed by atoms with Crippen LogP contribution in [0.25, 0.3) is 0 Å². The number of nitrogens with two attached hydrogens (primary N) is 1. The minimum Gasteiger partial charge on any atom is -0.378 e. The third kappa shape index (κ3) is 5.22. The Kier molecular flexibility index (Phi) is 6.26. The molecular formula is C17H22N2O2. The van der Waals surface area contributed by atoms with Gasteiger partial charge in [-0.25, -0.2) is 0 Å². The van der Waals surface area contributed by atoms with Gasteiger partial charge in [0.25, 0.3) is 5.91 Å². The Balaban J connectivity index is 1.77. The smallest absolute Gasteiger partial charge is 0.251 e. The van der Waals surface area contributed by atoms with Gasteiger partial charge in [-0.15, -0.1) is 0 Å². The first kappa shape index (κ1) is 15.6. The molecule has 0 saturated carbocycles. The van der Waals surface area contributed by atoms with Crippen LogP contribution < -0.4 is 11.1 Å². The number of benzene rings is 1. The predicted octanol–water partition coefficient (Wildman–Crippen LogP) is 1.69. The molecule has 4 heteroatoms. The highest BCUT2D eigenvalue weighted by Gasteiger charge is 2.13. The SMILES string of the molecule is NCC#Cc1ccc(C(=O)NCCC2CCCCO2)cc1. The van der Waals surface area contributed by atoms with E-state index in [1.807, 2.05) is 12.1 Å². The first-order valence-electron chi connectivity index (χ1n) is 7.48. The summed E-state index contributed by atoms with van der Waals surface area (Å²) in [6, 6.07) is 7.24. The normalized spacial score (nSPS) is 17.7. The van der Waals surface area contributed by atoms with E-state index < -0.39 is 0 Å². The zero-order valence-corrected chi connectivity index (χ0v) is 12.2. The van der Waals surface area contributed by atoms with E-state index in [2.05, 4.69) is 17.2 Å². The molecule has 1 aliphatic rings. The molecule has 2 rings (SSSR count). The van der Waals surface area contributed by atoms with Crippen LogP contribution in [0.4, 0.5) is 0 Å². The first-order chi connectivity index (χ1) is 10.3. The fourth-order valence-electron chi connectivity index (χ4n) is 2.34. The highest BCUT2D eigenvalue weighted by molar-refractivity contribution is 5.94. The number of rotatable bonds is 4. The van der Waals surface area contributed by atoms with Crippen LogP contribution in [0.5, 0.6) is 0 Å². The van der Waals surface area contributed by atoms with Crippen molar-refractivity contribution in [2.45, 2.75) is 31.8 Å². The molecule has 1 unspecified atom stereocenters. The van der Waals surface area contributed by atoms with E-state index in [1.165, 1.54) is 6.42 Å². The Morgan fingerprint density at radius 3 is 2.81 bits per heavy atom. The van der Waals surface area contributed by atoms with Gasteiger partial charge in [0.05, 0.1) is 12.6 Å². The van der Waals surface area contributed by atoms with Gasteiger partial charge in [0, 0.05) is 24.3 Å². The zero-order chi connectivity index (χ0) is 14.9. The second kappa shape index (κ2) is 8.46. The van der Waals surface area contributed by atoms with Crippen molar-refractivity contribution in [1.82, 2.24) is 5.32 Å². The monoisotopic (exact) mass is 286 g/mol. The summed E-state index contributed by atoms with van der Waals surface area (Å²) >= 11 is 0. The average molecular weight is 286 g/mol. The summed E-state index contributed by atoms with van der Waals surface area (Å²) in [6.07, 6.45) is 4.66. The van der Waals surface area contributed by atoms with Crippen LogP contribution in [0, 0.1) is 11.8 Å². The molecule has 21 heavy (non-hydrogen) atoms. The molecule has 1 aromatic rings. The lowest BCUT2D eigenvalue weighted by molar-refractivity contribution is 0.0117. The van der Waals surface area contributed by atoms with Gasteiger partial charge in [0.1, 0.15) is 0 Å². The second-order valence-corrected chi connectivity index (χ2v) is 5.12. The molecular weight excluding hydrogens is 264 g/mol. The van der Waals surface area contributed by atoms with Crippen molar-refractivity contribution in [2.75, 3.05) is 19.7 Å². The minimum atomic E-state index is -0.0517. The van der Waals surface area contributed by atoms with Crippen LogP contribution in [0.3, 0.4) is 0 Å².